The molecule has 0 amide bonds. The largest absolute Gasteiger partial charge is 0.332 e. The maximum Gasteiger partial charge on any atom is 0.175 e. The van der Waals surface area contributed by atoms with Crippen LogP contribution in [0.2, 0.25) is 5.02 Å². The number of thiocarbonyl (C=S) groups is 1. The highest BCUT2D eigenvalue weighted by atomic mass is 127. The lowest BCUT2D eigenvalue weighted by atomic mass is 10.3. The first kappa shape index (κ1) is 13.6. The highest BCUT2D eigenvalue weighted by Gasteiger charge is 2.03. The molecule has 2 rings (SSSR count). The average Bonchev–Trinajstić information content (AvgIpc) is 2.35. The zero-order chi connectivity index (χ0) is 13.0. The fraction of sp³-hybridized carbons (Fsp3) is 0. The third-order valence-corrected chi connectivity index (χ3v) is 3.72. The molecular formula is C13H10ClIN2S. The Labute approximate surface area is 130 Å². The molecule has 0 radical (unpaired) electrons. The molecule has 0 saturated carbocycles. The van der Waals surface area contributed by atoms with E-state index in [0.29, 0.717) is 10.1 Å². The molecule has 2 N–H and O–H groups in total. The van der Waals surface area contributed by atoms with Gasteiger partial charge in [0.15, 0.2) is 5.11 Å². The van der Waals surface area contributed by atoms with Crippen molar-refractivity contribution in [3.63, 3.8) is 0 Å². The molecular weight excluding hydrogens is 379 g/mol. The summed E-state index contributed by atoms with van der Waals surface area (Å²) < 4.78 is 1.11. The molecule has 0 saturated heterocycles. The van der Waals surface area contributed by atoms with Crippen LogP contribution in [0.3, 0.4) is 0 Å². The molecule has 0 spiro atoms. The van der Waals surface area contributed by atoms with Gasteiger partial charge in [0.2, 0.25) is 0 Å². The Kier molecular flexibility index (Phi) is 4.79. The minimum absolute atomic E-state index is 0.521. The van der Waals surface area contributed by atoms with Gasteiger partial charge in [-0.25, -0.2) is 0 Å². The molecule has 2 aromatic rings. The molecule has 0 aliphatic rings. The maximum atomic E-state index is 6.05. The topological polar surface area (TPSA) is 24.1 Å². The van der Waals surface area contributed by atoms with Crippen molar-refractivity contribution in [2.45, 2.75) is 0 Å². The van der Waals surface area contributed by atoms with E-state index in [9.17, 15) is 0 Å². The smallest absolute Gasteiger partial charge is 0.175 e. The third-order valence-electron chi connectivity index (χ3n) is 2.24. The van der Waals surface area contributed by atoms with Crippen LogP contribution < -0.4 is 10.6 Å². The number of para-hydroxylation sites is 2. The number of hydrogen-bond donors (Lipinski definition) is 2. The van der Waals surface area contributed by atoms with Crippen LogP contribution in [-0.2, 0) is 0 Å². The second-order valence-electron chi connectivity index (χ2n) is 3.54. The van der Waals surface area contributed by atoms with Gasteiger partial charge >= 0.3 is 0 Å². The molecule has 0 aliphatic carbocycles. The summed E-state index contributed by atoms with van der Waals surface area (Å²) in [4.78, 5) is 0. The summed E-state index contributed by atoms with van der Waals surface area (Å²) in [5.41, 5.74) is 1.77. The average molecular weight is 389 g/mol. The van der Waals surface area contributed by atoms with Gasteiger partial charge in [0.25, 0.3) is 0 Å². The standard InChI is InChI=1S/C13H10ClIN2S/c14-9-5-1-3-7-11(9)16-13(18)17-12-8-4-2-6-10(12)15/h1-8H,(H2,16,17,18). The minimum atomic E-state index is 0.521. The first-order chi connectivity index (χ1) is 8.66. The van der Waals surface area contributed by atoms with Crippen LogP contribution in [0.4, 0.5) is 11.4 Å². The van der Waals surface area contributed by atoms with Gasteiger partial charge in [-0.15, -0.1) is 0 Å². The number of nitrogens with one attached hydrogen (secondary N) is 2. The SMILES string of the molecule is S=C(Nc1ccccc1Cl)Nc1ccccc1I. The van der Waals surface area contributed by atoms with Gasteiger partial charge in [0.1, 0.15) is 0 Å². The summed E-state index contributed by atoms with van der Waals surface area (Å²) in [5.74, 6) is 0. The first-order valence-electron chi connectivity index (χ1n) is 5.24. The van der Waals surface area contributed by atoms with E-state index in [-0.39, 0.29) is 0 Å². The van der Waals surface area contributed by atoms with Crippen molar-refractivity contribution >= 4 is 62.9 Å². The molecule has 2 aromatic carbocycles. The molecule has 0 atom stereocenters. The van der Waals surface area contributed by atoms with E-state index in [4.69, 9.17) is 23.8 Å². The van der Waals surface area contributed by atoms with Gasteiger partial charge in [-0.2, -0.15) is 0 Å². The van der Waals surface area contributed by atoms with Gasteiger partial charge in [-0.1, -0.05) is 35.9 Å². The molecule has 0 aromatic heterocycles. The predicted octanol–water partition coefficient (Wildman–Crippen LogP) is 4.75. The van der Waals surface area contributed by atoms with E-state index in [2.05, 4.69) is 33.2 Å². The Morgan fingerprint density at radius 1 is 0.944 bits per heavy atom. The van der Waals surface area contributed by atoms with Gasteiger partial charge in [-0.05, 0) is 59.1 Å². The highest BCUT2D eigenvalue weighted by molar-refractivity contribution is 14.1. The molecule has 0 heterocycles. The van der Waals surface area contributed by atoms with Crippen LogP contribution >= 0.6 is 46.4 Å². The van der Waals surface area contributed by atoms with Gasteiger partial charge < -0.3 is 10.6 Å². The Morgan fingerprint density at radius 2 is 1.50 bits per heavy atom. The second-order valence-corrected chi connectivity index (χ2v) is 5.52. The van der Waals surface area contributed by atoms with Crippen molar-refractivity contribution in [3.8, 4) is 0 Å². The van der Waals surface area contributed by atoms with E-state index in [1.54, 1.807) is 0 Å². The Hall–Kier alpha value is -0.850. The van der Waals surface area contributed by atoms with E-state index in [1.165, 1.54) is 0 Å². The van der Waals surface area contributed by atoms with E-state index in [1.807, 2.05) is 48.5 Å². The quantitative estimate of drug-likeness (QED) is 0.573. The second kappa shape index (κ2) is 6.36. The lowest BCUT2D eigenvalue weighted by Crippen LogP contribution is -2.19. The number of anilines is 2. The van der Waals surface area contributed by atoms with E-state index < -0.39 is 0 Å². The van der Waals surface area contributed by atoms with Crippen molar-refractivity contribution in [1.82, 2.24) is 0 Å². The number of rotatable bonds is 2. The van der Waals surface area contributed by atoms with E-state index in [0.717, 1.165) is 14.9 Å². The van der Waals surface area contributed by atoms with Crippen LogP contribution in [0.25, 0.3) is 0 Å². The van der Waals surface area contributed by atoms with Gasteiger partial charge in [0, 0.05) is 3.57 Å². The molecule has 0 aliphatic heterocycles. The summed E-state index contributed by atoms with van der Waals surface area (Å²) in [6.07, 6.45) is 0. The monoisotopic (exact) mass is 388 g/mol. The summed E-state index contributed by atoms with van der Waals surface area (Å²) in [7, 11) is 0. The fourth-order valence-corrected chi connectivity index (χ4v) is 2.33. The van der Waals surface area contributed by atoms with Crippen LogP contribution in [0, 0.1) is 3.57 Å². The molecule has 18 heavy (non-hydrogen) atoms. The number of halogens is 2. The number of hydrogen-bond acceptors (Lipinski definition) is 1. The van der Waals surface area contributed by atoms with Gasteiger partial charge in [0.05, 0.1) is 16.4 Å². The summed E-state index contributed by atoms with van der Waals surface area (Å²) in [6.45, 7) is 0. The normalized spacial score (nSPS) is 9.89. The predicted molar refractivity (Wildman–Crippen MR) is 90.5 cm³/mol. The van der Waals surface area contributed by atoms with Crippen molar-refractivity contribution in [2.24, 2.45) is 0 Å². The first-order valence-corrected chi connectivity index (χ1v) is 7.10. The highest BCUT2D eigenvalue weighted by Crippen LogP contribution is 2.21. The van der Waals surface area contributed by atoms with Crippen LogP contribution in [0.1, 0.15) is 0 Å². The minimum Gasteiger partial charge on any atom is -0.332 e. The maximum absolute atomic E-state index is 6.05. The molecule has 0 bridgehead atoms. The summed E-state index contributed by atoms with van der Waals surface area (Å²) >= 11 is 13.6. The van der Waals surface area contributed by atoms with Crippen LogP contribution in [-0.4, -0.2) is 5.11 Å². The Morgan fingerprint density at radius 3 is 2.17 bits per heavy atom. The van der Waals surface area contributed by atoms with Gasteiger partial charge in [-0.3, -0.25) is 0 Å². The van der Waals surface area contributed by atoms with Crippen LogP contribution in [0.5, 0.6) is 0 Å². The van der Waals surface area contributed by atoms with E-state index >= 15 is 0 Å². The van der Waals surface area contributed by atoms with Crippen molar-refractivity contribution in [1.29, 1.82) is 0 Å². The zero-order valence-electron chi connectivity index (χ0n) is 9.28. The van der Waals surface area contributed by atoms with Crippen molar-refractivity contribution in [2.75, 3.05) is 10.6 Å². The summed E-state index contributed by atoms with van der Waals surface area (Å²) in [5, 5.41) is 7.37. The Balaban J connectivity index is 2.06. The van der Waals surface area contributed by atoms with Crippen molar-refractivity contribution in [3.05, 3.63) is 57.1 Å². The van der Waals surface area contributed by atoms with Crippen LogP contribution in [0.15, 0.2) is 48.5 Å². The third kappa shape index (κ3) is 3.57. The molecule has 92 valence electrons. The molecule has 5 heteroatoms. The fourth-order valence-electron chi connectivity index (χ4n) is 1.40. The molecule has 0 unspecified atom stereocenters. The van der Waals surface area contributed by atoms with Crippen molar-refractivity contribution < 1.29 is 0 Å². The Bertz CT molecular complexity index is 525. The lowest BCUT2D eigenvalue weighted by molar-refractivity contribution is 1.57. The number of benzene rings is 2. The molecule has 2 nitrogen and oxygen atoms in total. The zero-order valence-corrected chi connectivity index (χ0v) is 13.0. The summed E-state index contributed by atoms with van der Waals surface area (Å²) in [6, 6.07) is 15.4. The molecule has 0 fully saturated rings. The lowest BCUT2D eigenvalue weighted by Gasteiger charge is -2.12.